The van der Waals surface area contributed by atoms with Crippen molar-refractivity contribution in [3.63, 3.8) is 0 Å². The third-order valence-electron chi connectivity index (χ3n) is 8.10. The summed E-state index contributed by atoms with van der Waals surface area (Å²) in [5.41, 5.74) is 8.74. The number of hydrogen-bond acceptors (Lipinski definition) is 4. The highest BCUT2D eigenvalue weighted by Crippen LogP contribution is 2.50. The first-order chi connectivity index (χ1) is 16.7. The van der Waals surface area contributed by atoms with Crippen LogP contribution in [0.15, 0.2) is 60.3 Å². The van der Waals surface area contributed by atoms with Gasteiger partial charge in [-0.05, 0) is 43.2 Å². The molecular weight excluding hydrogens is 436 g/mol. The van der Waals surface area contributed by atoms with Gasteiger partial charge >= 0.3 is 0 Å². The Kier molecular flexibility index (Phi) is 4.73. The monoisotopic (exact) mass is 469 g/mol. The van der Waals surface area contributed by atoms with Gasteiger partial charge in [0.25, 0.3) is 0 Å². The molecule has 0 aromatic heterocycles. The van der Waals surface area contributed by atoms with Crippen molar-refractivity contribution in [3.8, 4) is 17.2 Å². The number of ether oxygens (including phenoxy) is 3. The van der Waals surface area contributed by atoms with Crippen molar-refractivity contribution in [1.29, 1.82) is 0 Å². The Morgan fingerprint density at radius 1 is 0.857 bits per heavy atom. The highest BCUT2D eigenvalue weighted by atomic mass is 16.7. The second-order valence-corrected chi connectivity index (χ2v) is 10.8. The Morgan fingerprint density at radius 3 is 2.43 bits per heavy atom. The molecule has 0 fully saturated rings. The predicted octanol–water partition coefficient (Wildman–Crippen LogP) is 5.78. The quantitative estimate of drug-likeness (QED) is 0.422. The van der Waals surface area contributed by atoms with Gasteiger partial charge in [0, 0.05) is 48.0 Å². The Bertz CT molecular complexity index is 1370. The second-order valence-electron chi connectivity index (χ2n) is 10.8. The van der Waals surface area contributed by atoms with Crippen LogP contribution in [-0.4, -0.2) is 37.8 Å². The third-order valence-corrected chi connectivity index (χ3v) is 8.10. The van der Waals surface area contributed by atoms with E-state index < -0.39 is 0 Å². The van der Waals surface area contributed by atoms with Crippen molar-refractivity contribution in [2.24, 2.45) is 0 Å². The molecule has 0 aliphatic carbocycles. The van der Waals surface area contributed by atoms with Gasteiger partial charge < -0.3 is 19.1 Å². The van der Waals surface area contributed by atoms with Gasteiger partial charge in [0.1, 0.15) is 12.8 Å². The molecule has 0 atom stereocenters. The van der Waals surface area contributed by atoms with Crippen LogP contribution >= 0.6 is 0 Å². The van der Waals surface area contributed by atoms with E-state index in [0.29, 0.717) is 6.79 Å². The topological polar surface area (TPSA) is 33.9 Å². The predicted molar refractivity (Wildman–Crippen MR) is 140 cm³/mol. The van der Waals surface area contributed by atoms with Crippen molar-refractivity contribution >= 4 is 17.1 Å². The molecule has 4 aliphatic heterocycles. The van der Waals surface area contributed by atoms with Crippen molar-refractivity contribution < 1.29 is 18.8 Å². The Morgan fingerprint density at radius 2 is 1.63 bits per heavy atom. The molecule has 5 heteroatoms. The molecule has 0 saturated heterocycles. The molecule has 2 aromatic rings. The maximum atomic E-state index is 5.82. The largest absolute Gasteiger partial charge is 0.493 e. The van der Waals surface area contributed by atoms with E-state index in [4.69, 9.17) is 14.2 Å². The van der Waals surface area contributed by atoms with Gasteiger partial charge in [-0.2, -0.15) is 4.58 Å². The first-order valence-electron chi connectivity index (χ1n) is 12.3. The molecule has 0 amide bonds. The zero-order valence-corrected chi connectivity index (χ0v) is 21.4. The summed E-state index contributed by atoms with van der Waals surface area (Å²) in [6.07, 6.45) is 11.8. The standard InChI is InChI=1S/C30H33N2O3/c1-29(2)20-14-19-12-13-33-24(19)16-22(20)31(5)27(29)10-8-7-9-11-28-30(3,4)21-15-25-26(35-18-34-25)17-23(21)32(28)6/h7-11,14-17H,12-13,18H2,1-6H3/q+1. The van der Waals surface area contributed by atoms with E-state index in [2.05, 4.69) is 106 Å². The number of allylic oxidation sites excluding steroid dienone is 6. The average Bonchev–Trinajstić information content (AvgIpc) is 3.55. The minimum atomic E-state index is -0.119. The fourth-order valence-corrected chi connectivity index (χ4v) is 6.07. The summed E-state index contributed by atoms with van der Waals surface area (Å²) in [6.45, 7) is 10.2. The van der Waals surface area contributed by atoms with E-state index in [1.807, 2.05) is 0 Å². The summed E-state index contributed by atoms with van der Waals surface area (Å²) >= 11 is 0. The molecule has 0 spiro atoms. The third kappa shape index (κ3) is 3.17. The van der Waals surface area contributed by atoms with E-state index in [0.717, 1.165) is 30.3 Å². The van der Waals surface area contributed by atoms with Gasteiger partial charge in [0.15, 0.2) is 17.2 Å². The van der Waals surface area contributed by atoms with Crippen LogP contribution < -0.4 is 19.1 Å². The fraction of sp³-hybridized carbons (Fsp3) is 0.367. The minimum absolute atomic E-state index is 0.0512. The van der Waals surface area contributed by atoms with Crippen LogP contribution in [0, 0.1) is 0 Å². The Labute approximate surface area is 207 Å². The lowest BCUT2D eigenvalue weighted by Crippen LogP contribution is -2.26. The van der Waals surface area contributed by atoms with E-state index in [1.165, 1.54) is 39.5 Å². The SMILES string of the molecule is CN1\C(=C/C=C/C=C/C2=[N+](C)c3cc4c(cc3C2(C)C)OCO4)C(C)(C)c2cc3c(cc21)OCC3. The zero-order chi connectivity index (χ0) is 24.5. The Hall–Kier alpha value is -3.47. The lowest BCUT2D eigenvalue weighted by Gasteiger charge is -2.23. The summed E-state index contributed by atoms with van der Waals surface area (Å²) in [4.78, 5) is 2.30. The molecule has 6 rings (SSSR count). The molecule has 35 heavy (non-hydrogen) atoms. The summed E-state index contributed by atoms with van der Waals surface area (Å²) in [6, 6.07) is 8.78. The van der Waals surface area contributed by atoms with E-state index in [9.17, 15) is 0 Å². The van der Waals surface area contributed by atoms with Gasteiger partial charge in [-0.15, -0.1) is 0 Å². The summed E-state index contributed by atoms with van der Waals surface area (Å²) in [7, 11) is 4.27. The lowest BCUT2D eigenvalue weighted by molar-refractivity contribution is -0.401. The number of rotatable bonds is 3. The van der Waals surface area contributed by atoms with Gasteiger partial charge in [-0.1, -0.05) is 32.1 Å². The summed E-state index contributed by atoms with van der Waals surface area (Å²) in [5, 5.41) is 0. The van der Waals surface area contributed by atoms with Crippen molar-refractivity contribution in [3.05, 3.63) is 77.0 Å². The minimum Gasteiger partial charge on any atom is -0.493 e. The highest BCUT2D eigenvalue weighted by Gasteiger charge is 2.44. The van der Waals surface area contributed by atoms with Crippen LogP contribution in [0.4, 0.5) is 11.4 Å². The number of fused-ring (bicyclic) bond motifs is 4. The smallest absolute Gasteiger partial charge is 0.231 e. The molecule has 4 aliphatic rings. The highest BCUT2D eigenvalue weighted by molar-refractivity contribution is 6.03. The average molecular weight is 470 g/mol. The molecule has 0 unspecified atom stereocenters. The van der Waals surface area contributed by atoms with Crippen LogP contribution in [0.1, 0.15) is 44.4 Å². The molecule has 180 valence electrons. The van der Waals surface area contributed by atoms with Crippen molar-refractivity contribution in [2.45, 2.75) is 44.9 Å². The molecule has 5 nitrogen and oxygen atoms in total. The lowest BCUT2D eigenvalue weighted by atomic mass is 9.81. The first-order valence-corrected chi connectivity index (χ1v) is 12.3. The number of hydrogen-bond donors (Lipinski definition) is 0. The Balaban J connectivity index is 1.25. The molecule has 0 radical (unpaired) electrons. The summed E-state index contributed by atoms with van der Waals surface area (Å²) < 4.78 is 19.3. The van der Waals surface area contributed by atoms with Crippen LogP contribution in [0.2, 0.25) is 0 Å². The van der Waals surface area contributed by atoms with E-state index in [1.54, 1.807) is 0 Å². The van der Waals surface area contributed by atoms with Crippen LogP contribution in [0.5, 0.6) is 17.2 Å². The van der Waals surface area contributed by atoms with Crippen molar-refractivity contribution in [1.82, 2.24) is 0 Å². The molecule has 0 N–H and O–H groups in total. The number of nitrogens with zero attached hydrogens (tertiary/aromatic N) is 2. The molecular formula is C30H33N2O3+. The van der Waals surface area contributed by atoms with Gasteiger partial charge in [0.2, 0.25) is 12.5 Å². The van der Waals surface area contributed by atoms with Crippen LogP contribution in [0.3, 0.4) is 0 Å². The van der Waals surface area contributed by atoms with Crippen LogP contribution in [0.25, 0.3) is 0 Å². The van der Waals surface area contributed by atoms with E-state index in [-0.39, 0.29) is 10.8 Å². The first kappa shape index (κ1) is 22.0. The number of anilines is 1. The molecule has 0 bridgehead atoms. The maximum absolute atomic E-state index is 5.82. The molecule has 4 heterocycles. The van der Waals surface area contributed by atoms with Gasteiger partial charge in [-0.25, -0.2) is 0 Å². The normalized spacial score (nSPS) is 21.9. The van der Waals surface area contributed by atoms with Crippen molar-refractivity contribution in [2.75, 3.05) is 32.4 Å². The fourth-order valence-electron chi connectivity index (χ4n) is 6.07. The van der Waals surface area contributed by atoms with Gasteiger partial charge in [-0.3, -0.25) is 0 Å². The van der Waals surface area contributed by atoms with E-state index >= 15 is 0 Å². The summed E-state index contributed by atoms with van der Waals surface area (Å²) in [5.74, 6) is 2.70. The zero-order valence-electron chi connectivity index (χ0n) is 21.4. The maximum Gasteiger partial charge on any atom is 0.231 e. The second kappa shape index (κ2) is 7.51. The van der Waals surface area contributed by atoms with Crippen LogP contribution in [-0.2, 0) is 17.3 Å². The number of benzene rings is 2. The van der Waals surface area contributed by atoms with Gasteiger partial charge in [0.05, 0.1) is 18.1 Å². The molecule has 2 aromatic carbocycles. The molecule has 0 saturated carbocycles. The number of likely N-dealkylation sites (N-methyl/N-ethyl adjacent to an activating group) is 1.